The fourth-order valence-electron chi connectivity index (χ4n) is 4.69. The van der Waals surface area contributed by atoms with Gasteiger partial charge in [0.25, 0.3) is 0 Å². The van der Waals surface area contributed by atoms with Gasteiger partial charge in [0.1, 0.15) is 6.61 Å². The van der Waals surface area contributed by atoms with Crippen molar-refractivity contribution < 1.29 is 4.74 Å². The minimum atomic E-state index is 0.163. The smallest absolute Gasteiger partial charge is 0.216 e. The summed E-state index contributed by atoms with van der Waals surface area (Å²) in [6, 6.07) is 9.35. The van der Waals surface area contributed by atoms with Gasteiger partial charge in [-0.05, 0) is 60.6 Å². The Balaban J connectivity index is 1.46. The van der Waals surface area contributed by atoms with E-state index in [4.69, 9.17) is 9.73 Å². The Labute approximate surface area is 173 Å². The van der Waals surface area contributed by atoms with Crippen LogP contribution >= 0.6 is 0 Å². The van der Waals surface area contributed by atoms with Gasteiger partial charge in [0, 0.05) is 5.56 Å². The molecule has 0 bridgehead atoms. The minimum Gasteiger partial charge on any atom is -0.475 e. The standard InChI is InChI=1S/C26H41NO/c1-5-6-7-8-9-10-20-11-13-21(14-12-20)22-15-17-23(18-16-22)25-27-24(19-28-25)26(2,3)4/h15-18,20-21,24H,5-14,19H2,1-4H3/t20?,21?,24-/m1/s1. The number of hydrogen-bond acceptors (Lipinski definition) is 2. The molecule has 0 amide bonds. The van der Waals surface area contributed by atoms with Crippen LogP contribution in [-0.4, -0.2) is 18.5 Å². The predicted octanol–water partition coefficient (Wildman–Crippen LogP) is 7.51. The Morgan fingerprint density at radius 3 is 2.21 bits per heavy atom. The van der Waals surface area contributed by atoms with Gasteiger partial charge >= 0.3 is 0 Å². The molecule has 0 saturated heterocycles. The molecule has 2 heteroatoms. The van der Waals surface area contributed by atoms with Crippen molar-refractivity contribution in [3.05, 3.63) is 35.4 Å². The van der Waals surface area contributed by atoms with Gasteiger partial charge in [-0.3, -0.25) is 0 Å². The van der Waals surface area contributed by atoms with Crippen molar-refractivity contribution in [1.29, 1.82) is 0 Å². The average molecular weight is 384 g/mol. The molecule has 2 aliphatic rings. The molecule has 0 radical (unpaired) electrons. The maximum atomic E-state index is 5.89. The van der Waals surface area contributed by atoms with Crippen LogP contribution < -0.4 is 0 Å². The minimum absolute atomic E-state index is 0.163. The number of rotatable bonds is 8. The van der Waals surface area contributed by atoms with Crippen molar-refractivity contribution in [2.24, 2.45) is 16.3 Å². The molecule has 156 valence electrons. The summed E-state index contributed by atoms with van der Waals surface area (Å²) in [6.45, 7) is 9.71. The van der Waals surface area contributed by atoms with E-state index in [-0.39, 0.29) is 11.5 Å². The molecule has 1 aliphatic heterocycles. The molecule has 1 heterocycles. The molecule has 0 spiro atoms. The molecule has 1 aromatic rings. The lowest BCUT2D eigenvalue weighted by atomic mass is 9.77. The van der Waals surface area contributed by atoms with Crippen LogP contribution in [0.25, 0.3) is 0 Å². The van der Waals surface area contributed by atoms with Crippen LogP contribution in [0.1, 0.15) is 109 Å². The van der Waals surface area contributed by atoms with Gasteiger partial charge in [0.2, 0.25) is 5.90 Å². The lowest BCUT2D eigenvalue weighted by molar-refractivity contribution is 0.236. The molecule has 1 aliphatic carbocycles. The Morgan fingerprint density at radius 2 is 1.61 bits per heavy atom. The van der Waals surface area contributed by atoms with Crippen LogP contribution in [0.3, 0.4) is 0 Å². The molecule has 28 heavy (non-hydrogen) atoms. The van der Waals surface area contributed by atoms with Gasteiger partial charge < -0.3 is 4.74 Å². The maximum Gasteiger partial charge on any atom is 0.216 e. The highest BCUT2D eigenvalue weighted by molar-refractivity contribution is 5.95. The normalized spacial score (nSPS) is 25.4. The Bertz CT molecular complexity index is 617. The van der Waals surface area contributed by atoms with Crippen molar-refractivity contribution in [2.45, 2.75) is 104 Å². The number of nitrogens with zero attached hydrogens (tertiary/aromatic N) is 1. The third kappa shape index (κ3) is 5.84. The number of unbranched alkanes of at least 4 members (excludes halogenated alkanes) is 4. The van der Waals surface area contributed by atoms with Crippen molar-refractivity contribution in [1.82, 2.24) is 0 Å². The van der Waals surface area contributed by atoms with Gasteiger partial charge in [-0.25, -0.2) is 4.99 Å². The monoisotopic (exact) mass is 383 g/mol. The number of aliphatic imine (C=N–C) groups is 1. The second kappa shape index (κ2) is 9.94. The van der Waals surface area contributed by atoms with Crippen LogP contribution in [0.4, 0.5) is 0 Å². The van der Waals surface area contributed by atoms with E-state index >= 15 is 0 Å². The van der Waals surface area contributed by atoms with E-state index in [1.807, 2.05) is 0 Å². The molecule has 1 aromatic carbocycles. The van der Waals surface area contributed by atoms with E-state index in [1.165, 1.54) is 69.8 Å². The van der Waals surface area contributed by atoms with Crippen LogP contribution in [0, 0.1) is 11.3 Å². The van der Waals surface area contributed by atoms with Gasteiger partial charge in [-0.2, -0.15) is 0 Å². The Hall–Kier alpha value is -1.31. The van der Waals surface area contributed by atoms with Crippen molar-refractivity contribution >= 4 is 5.90 Å². The summed E-state index contributed by atoms with van der Waals surface area (Å²) >= 11 is 0. The van der Waals surface area contributed by atoms with Crippen LogP contribution in [0.15, 0.2) is 29.3 Å². The van der Waals surface area contributed by atoms with E-state index in [0.717, 1.165) is 23.3 Å². The summed E-state index contributed by atoms with van der Waals surface area (Å²) in [5.74, 6) is 2.56. The molecular formula is C26H41NO. The molecule has 1 fully saturated rings. The third-order valence-electron chi connectivity index (χ3n) is 6.84. The second-order valence-electron chi connectivity index (χ2n) is 10.2. The van der Waals surface area contributed by atoms with Crippen LogP contribution in [0.5, 0.6) is 0 Å². The summed E-state index contributed by atoms with van der Waals surface area (Å²) in [5.41, 5.74) is 2.81. The highest BCUT2D eigenvalue weighted by Gasteiger charge is 2.30. The Morgan fingerprint density at radius 1 is 0.929 bits per heavy atom. The highest BCUT2D eigenvalue weighted by atomic mass is 16.5. The summed E-state index contributed by atoms with van der Waals surface area (Å²) < 4.78 is 5.89. The zero-order valence-corrected chi connectivity index (χ0v) is 18.7. The van der Waals surface area contributed by atoms with E-state index in [9.17, 15) is 0 Å². The molecule has 0 aromatic heterocycles. The first kappa shape index (κ1) is 21.4. The van der Waals surface area contributed by atoms with Crippen molar-refractivity contribution in [3.8, 4) is 0 Å². The van der Waals surface area contributed by atoms with E-state index in [2.05, 4.69) is 52.0 Å². The zero-order valence-electron chi connectivity index (χ0n) is 18.7. The fourth-order valence-corrected chi connectivity index (χ4v) is 4.69. The summed E-state index contributed by atoms with van der Waals surface area (Å²) in [5, 5.41) is 0. The second-order valence-corrected chi connectivity index (χ2v) is 10.2. The lowest BCUT2D eigenvalue weighted by Crippen LogP contribution is -2.25. The first-order valence-electron chi connectivity index (χ1n) is 11.8. The van der Waals surface area contributed by atoms with Crippen molar-refractivity contribution in [2.75, 3.05) is 6.61 Å². The van der Waals surface area contributed by atoms with Gasteiger partial charge in [0.05, 0.1) is 6.04 Å². The van der Waals surface area contributed by atoms with Crippen molar-refractivity contribution in [3.63, 3.8) is 0 Å². The highest BCUT2D eigenvalue weighted by Crippen LogP contribution is 2.38. The predicted molar refractivity (Wildman–Crippen MR) is 120 cm³/mol. The quantitative estimate of drug-likeness (QED) is 0.425. The molecule has 0 N–H and O–H groups in total. The SMILES string of the molecule is CCCCCCCC1CCC(c2ccc(C3=N[C@@H](C(C)(C)C)CO3)cc2)CC1. The molecule has 2 nitrogen and oxygen atoms in total. The summed E-state index contributed by atoms with van der Waals surface area (Å²) in [6.07, 6.45) is 14.1. The molecule has 3 rings (SSSR count). The maximum absolute atomic E-state index is 5.89. The zero-order chi connectivity index (χ0) is 20.0. The average Bonchev–Trinajstić information content (AvgIpc) is 3.19. The first-order chi connectivity index (χ1) is 13.5. The molecule has 1 saturated carbocycles. The molecular weight excluding hydrogens is 342 g/mol. The topological polar surface area (TPSA) is 21.6 Å². The number of benzene rings is 1. The van der Waals surface area contributed by atoms with Crippen LogP contribution in [-0.2, 0) is 4.74 Å². The van der Waals surface area contributed by atoms with E-state index in [0.29, 0.717) is 6.61 Å². The molecule has 1 atom stereocenters. The third-order valence-corrected chi connectivity index (χ3v) is 6.84. The van der Waals surface area contributed by atoms with E-state index in [1.54, 1.807) is 0 Å². The number of hydrogen-bond donors (Lipinski definition) is 0. The Kier molecular flexibility index (Phi) is 7.60. The van der Waals surface area contributed by atoms with Gasteiger partial charge in [-0.1, -0.05) is 78.4 Å². The van der Waals surface area contributed by atoms with Crippen LogP contribution in [0.2, 0.25) is 0 Å². The summed E-state index contributed by atoms with van der Waals surface area (Å²) in [7, 11) is 0. The van der Waals surface area contributed by atoms with Gasteiger partial charge in [0.15, 0.2) is 0 Å². The van der Waals surface area contributed by atoms with Gasteiger partial charge in [-0.15, -0.1) is 0 Å². The fraction of sp³-hybridized carbons (Fsp3) is 0.731. The summed E-state index contributed by atoms with van der Waals surface area (Å²) in [4.78, 5) is 4.82. The molecule has 0 unspecified atom stereocenters. The van der Waals surface area contributed by atoms with E-state index < -0.39 is 0 Å². The lowest BCUT2D eigenvalue weighted by Gasteiger charge is -2.29. The first-order valence-corrected chi connectivity index (χ1v) is 11.8. The largest absolute Gasteiger partial charge is 0.475 e. The number of ether oxygens (including phenoxy) is 1.